The summed E-state index contributed by atoms with van der Waals surface area (Å²) in [6, 6.07) is 5.51. The van der Waals surface area contributed by atoms with Crippen LogP contribution in [0.3, 0.4) is 0 Å². The molecule has 92 valence electrons. The van der Waals surface area contributed by atoms with Gasteiger partial charge in [-0.2, -0.15) is 4.99 Å². The fourth-order valence-electron chi connectivity index (χ4n) is 1.50. The van der Waals surface area contributed by atoms with Gasteiger partial charge in [0.25, 0.3) is 0 Å². The zero-order valence-electron chi connectivity index (χ0n) is 10.6. The second-order valence-electron chi connectivity index (χ2n) is 4.06. The molecule has 0 radical (unpaired) electrons. The third kappa shape index (κ3) is 3.08. The maximum absolute atomic E-state index is 10.4. The van der Waals surface area contributed by atoms with Gasteiger partial charge in [0.15, 0.2) is 11.5 Å². The maximum Gasteiger partial charge on any atom is 0.235 e. The lowest BCUT2D eigenvalue weighted by Gasteiger charge is -2.19. The summed E-state index contributed by atoms with van der Waals surface area (Å²) in [6.07, 6.45) is 1.59. The molecule has 0 unspecified atom stereocenters. The summed E-state index contributed by atoms with van der Waals surface area (Å²) in [5.41, 5.74) is 0.265. The summed E-state index contributed by atoms with van der Waals surface area (Å²) in [5, 5.41) is 0. The fourth-order valence-corrected chi connectivity index (χ4v) is 1.50. The van der Waals surface area contributed by atoms with Gasteiger partial charge in [0.05, 0.1) is 19.3 Å². The zero-order chi connectivity index (χ0) is 12.9. The summed E-state index contributed by atoms with van der Waals surface area (Å²) < 4.78 is 10.7. The van der Waals surface area contributed by atoms with Crippen LogP contribution in [0.1, 0.15) is 26.3 Å². The highest BCUT2D eigenvalue weighted by atomic mass is 16.5. The number of hydrogen-bond donors (Lipinski definition) is 0. The molecule has 0 fully saturated rings. The Morgan fingerprint density at radius 2 is 2.06 bits per heavy atom. The second-order valence-corrected chi connectivity index (χ2v) is 4.06. The van der Waals surface area contributed by atoms with Crippen LogP contribution in [0.2, 0.25) is 0 Å². The topological polar surface area (TPSA) is 47.9 Å². The summed E-state index contributed by atoms with van der Waals surface area (Å²) in [5.74, 6) is 1.32. The molecule has 0 aliphatic rings. The minimum absolute atomic E-state index is 0.575. The van der Waals surface area contributed by atoms with E-state index in [0.717, 1.165) is 5.56 Å². The number of isocyanates is 1. The standard InChI is InChI=1S/C13H17NO3/c1-5-17-11-7-6-10(8-12(11)16-4)13(2,3)14-9-15/h6-8H,5H2,1-4H3. The predicted molar refractivity (Wildman–Crippen MR) is 65.3 cm³/mol. The van der Waals surface area contributed by atoms with E-state index < -0.39 is 5.54 Å². The molecule has 0 bridgehead atoms. The third-order valence-electron chi connectivity index (χ3n) is 2.50. The second kappa shape index (κ2) is 5.51. The van der Waals surface area contributed by atoms with Gasteiger partial charge in [-0.25, -0.2) is 4.79 Å². The van der Waals surface area contributed by atoms with Crippen LogP contribution in [0.25, 0.3) is 0 Å². The van der Waals surface area contributed by atoms with Crippen LogP contribution >= 0.6 is 0 Å². The van der Waals surface area contributed by atoms with Crippen molar-refractivity contribution in [3.05, 3.63) is 23.8 Å². The Kier molecular flexibility index (Phi) is 4.30. The molecule has 0 amide bonds. The summed E-state index contributed by atoms with van der Waals surface area (Å²) in [4.78, 5) is 14.1. The van der Waals surface area contributed by atoms with Gasteiger partial charge in [0.2, 0.25) is 6.08 Å². The average molecular weight is 235 g/mol. The van der Waals surface area contributed by atoms with Gasteiger partial charge in [-0.1, -0.05) is 6.07 Å². The van der Waals surface area contributed by atoms with Gasteiger partial charge in [-0.05, 0) is 38.5 Å². The van der Waals surface area contributed by atoms with Crippen LogP contribution in [-0.4, -0.2) is 19.8 Å². The molecule has 0 spiro atoms. The van der Waals surface area contributed by atoms with E-state index >= 15 is 0 Å². The largest absolute Gasteiger partial charge is 0.493 e. The molecule has 0 aliphatic carbocycles. The van der Waals surface area contributed by atoms with Gasteiger partial charge in [-0.3, -0.25) is 0 Å². The Morgan fingerprint density at radius 1 is 1.35 bits per heavy atom. The van der Waals surface area contributed by atoms with Crippen molar-refractivity contribution in [2.45, 2.75) is 26.3 Å². The van der Waals surface area contributed by atoms with Crippen molar-refractivity contribution in [3.63, 3.8) is 0 Å². The zero-order valence-corrected chi connectivity index (χ0v) is 10.6. The Hall–Kier alpha value is -1.80. The van der Waals surface area contributed by atoms with E-state index in [0.29, 0.717) is 18.1 Å². The van der Waals surface area contributed by atoms with Crippen molar-refractivity contribution < 1.29 is 14.3 Å². The number of rotatable bonds is 5. The Labute approximate surface area is 101 Å². The lowest BCUT2D eigenvalue weighted by Crippen LogP contribution is -2.13. The van der Waals surface area contributed by atoms with Crippen LogP contribution in [-0.2, 0) is 10.3 Å². The minimum atomic E-state index is -0.611. The molecule has 0 atom stereocenters. The fraction of sp³-hybridized carbons (Fsp3) is 0.462. The molecule has 1 aromatic rings. The molecule has 17 heavy (non-hydrogen) atoms. The Bertz CT molecular complexity index is 434. The lowest BCUT2D eigenvalue weighted by molar-refractivity contribution is 0.310. The van der Waals surface area contributed by atoms with Gasteiger partial charge in [-0.15, -0.1) is 0 Å². The van der Waals surface area contributed by atoms with Gasteiger partial charge < -0.3 is 9.47 Å². The van der Waals surface area contributed by atoms with Crippen LogP contribution in [0.4, 0.5) is 0 Å². The van der Waals surface area contributed by atoms with Gasteiger partial charge in [0.1, 0.15) is 0 Å². The normalized spacial score (nSPS) is 10.6. The SMILES string of the molecule is CCOc1ccc(C(C)(C)N=C=O)cc1OC. The first-order valence-electron chi connectivity index (χ1n) is 5.45. The molecule has 0 heterocycles. The molecule has 0 N–H and O–H groups in total. The van der Waals surface area contributed by atoms with E-state index in [2.05, 4.69) is 4.99 Å². The molecule has 4 nitrogen and oxygen atoms in total. The molecule has 0 aromatic heterocycles. The summed E-state index contributed by atoms with van der Waals surface area (Å²) in [7, 11) is 1.58. The van der Waals surface area contributed by atoms with Crippen molar-refractivity contribution in [1.82, 2.24) is 0 Å². The minimum Gasteiger partial charge on any atom is -0.493 e. The summed E-state index contributed by atoms with van der Waals surface area (Å²) in [6.45, 7) is 6.17. The average Bonchev–Trinajstić information content (AvgIpc) is 2.29. The van der Waals surface area contributed by atoms with Crippen molar-refractivity contribution in [2.24, 2.45) is 4.99 Å². The Morgan fingerprint density at radius 3 is 2.59 bits per heavy atom. The van der Waals surface area contributed by atoms with Gasteiger partial charge >= 0.3 is 0 Å². The number of methoxy groups -OCH3 is 1. The Balaban J connectivity index is 3.17. The first-order chi connectivity index (χ1) is 8.05. The van der Waals surface area contributed by atoms with E-state index in [1.165, 1.54) is 0 Å². The third-order valence-corrected chi connectivity index (χ3v) is 2.50. The van der Waals surface area contributed by atoms with Crippen LogP contribution in [0, 0.1) is 0 Å². The molecule has 4 heteroatoms. The molecule has 0 aliphatic heterocycles. The van der Waals surface area contributed by atoms with Crippen molar-refractivity contribution in [2.75, 3.05) is 13.7 Å². The number of nitrogens with zero attached hydrogens (tertiary/aromatic N) is 1. The summed E-state index contributed by atoms with van der Waals surface area (Å²) >= 11 is 0. The van der Waals surface area contributed by atoms with Crippen molar-refractivity contribution >= 4 is 6.08 Å². The van der Waals surface area contributed by atoms with E-state index in [4.69, 9.17) is 9.47 Å². The smallest absolute Gasteiger partial charge is 0.235 e. The first-order valence-corrected chi connectivity index (χ1v) is 5.45. The van der Waals surface area contributed by atoms with Crippen molar-refractivity contribution in [1.29, 1.82) is 0 Å². The number of aliphatic imine (C=N–C) groups is 1. The maximum atomic E-state index is 10.4. The van der Waals surface area contributed by atoms with E-state index in [9.17, 15) is 4.79 Å². The van der Waals surface area contributed by atoms with Crippen LogP contribution < -0.4 is 9.47 Å². The lowest BCUT2D eigenvalue weighted by atomic mass is 9.95. The molecular weight excluding hydrogens is 218 g/mol. The number of carbonyl (C=O) groups excluding carboxylic acids is 1. The number of hydrogen-bond acceptors (Lipinski definition) is 4. The molecule has 1 rings (SSSR count). The molecule has 0 saturated carbocycles. The van der Waals surface area contributed by atoms with E-state index in [-0.39, 0.29) is 0 Å². The quantitative estimate of drug-likeness (QED) is 0.582. The molecule has 1 aromatic carbocycles. The predicted octanol–water partition coefficient (Wildman–Crippen LogP) is 2.66. The number of benzene rings is 1. The highest BCUT2D eigenvalue weighted by Gasteiger charge is 2.21. The molecular formula is C13H17NO3. The first kappa shape index (κ1) is 13.3. The number of ether oxygens (including phenoxy) is 2. The van der Waals surface area contributed by atoms with E-state index in [1.807, 2.05) is 39.0 Å². The van der Waals surface area contributed by atoms with E-state index in [1.54, 1.807) is 13.2 Å². The van der Waals surface area contributed by atoms with Crippen molar-refractivity contribution in [3.8, 4) is 11.5 Å². The highest BCUT2D eigenvalue weighted by molar-refractivity contribution is 5.46. The monoisotopic (exact) mass is 235 g/mol. The van der Waals surface area contributed by atoms with Crippen LogP contribution in [0.15, 0.2) is 23.2 Å². The van der Waals surface area contributed by atoms with Gasteiger partial charge in [0, 0.05) is 0 Å². The molecule has 0 saturated heterocycles. The van der Waals surface area contributed by atoms with Crippen LogP contribution in [0.5, 0.6) is 11.5 Å². The highest BCUT2D eigenvalue weighted by Crippen LogP contribution is 2.33.